The number of hydrogen-bond acceptors (Lipinski definition) is 2. The Balaban J connectivity index is 2.92. The van der Waals surface area contributed by atoms with Crippen LogP contribution in [-0.4, -0.2) is 20.3 Å². The Bertz CT molecular complexity index is 173. The van der Waals surface area contributed by atoms with Gasteiger partial charge in [0, 0.05) is 0 Å². The quantitative estimate of drug-likeness (QED) is 0.448. The van der Waals surface area contributed by atoms with Gasteiger partial charge < -0.3 is 0 Å². The molecule has 0 spiro atoms. The molecule has 5 heteroatoms. The van der Waals surface area contributed by atoms with Gasteiger partial charge in [0.25, 0.3) is 0 Å². The first-order chi connectivity index (χ1) is 3.84. The van der Waals surface area contributed by atoms with Gasteiger partial charge in [0.1, 0.15) is 0 Å². The summed E-state index contributed by atoms with van der Waals surface area (Å²) in [5.74, 6) is 0. The molecule has 1 aromatic heterocycles. The van der Waals surface area contributed by atoms with Crippen LogP contribution in [0.5, 0.6) is 0 Å². The van der Waals surface area contributed by atoms with Crippen molar-refractivity contribution in [1.82, 2.24) is 15.4 Å². The van der Waals surface area contributed by atoms with E-state index >= 15 is 0 Å². The number of aromatic amines is 1. The van der Waals surface area contributed by atoms with Gasteiger partial charge in [0.2, 0.25) is 0 Å². The Kier molecular flexibility index (Phi) is 2.47. The molecule has 0 aliphatic heterocycles. The van der Waals surface area contributed by atoms with Crippen LogP contribution in [-0.2, 0) is 0 Å². The van der Waals surface area contributed by atoms with E-state index in [0.717, 1.165) is 7.40 Å². The van der Waals surface area contributed by atoms with Gasteiger partial charge in [0.05, 0.1) is 0 Å². The van der Waals surface area contributed by atoms with Crippen molar-refractivity contribution >= 4 is 22.6 Å². The summed E-state index contributed by atoms with van der Waals surface area (Å²) < 4.78 is 2.18. The maximum absolute atomic E-state index is 3.94. The molecule has 0 radical (unpaired) electrons. The van der Waals surface area contributed by atoms with E-state index in [9.17, 15) is 0 Å². The molecule has 8 heavy (non-hydrogen) atoms. The Labute approximate surface area is 71.0 Å². The van der Waals surface area contributed by atoms with E-state index in [4.69, 9.17) is 0 Å². The van der Waals surface area contributed by atoms with Crippen molar-refractivity contribution in [3.63, 3.8) is 0 Å². The minimum absolute atomic E-state index is 0.113. The SMILES string of the molecule is C[I-]c1n[nH]nc1I. The fourth-order valence-electron chi connectivity index (χ4n) is 0.325. The van der Waals surface area contributed by atoms with E-state index in [1.165, 1.54) is 0 Å². The number of halogens is 2. The summed E-state index contributed by atoms with van der Waals surface area (Å²) in [6.07, 6.45) is 0. The molecule has 0 aromatic carbocycles. The van der Waals surface area contributed by atoms with Crippen molar-refractivity contribution in [1.29, 1.82) is 0 Å². The molecule has 0 amide bonds. The summed E-state index contributed by atoms with van der Waals surface area (Å²) in [6.45, 7) is 0. The van der Waals surface area contributed by atoms with Crippen LogP contribution in [0.4, 0.5) is 0 Å². The average Bonchev–Trinajstić information content (AvgIpc) is 2.14. The van der Waals surface area contributed by atoms with Gasteiger partial charge in [0.15, 0.2) is 0 Å². The number of H-pyrrole nitrogens is 1. The first-order valence-corrected chi connectivity index (χ1v) is 6.22. The molecule has 0 aliphatic carbocycles. The first-order valence-electron chi connectivity index (χ1n) is 1.90. The zero-order valence-electron chi connectivity index (χ0n) is 4.15. The average molecular weight is 336 g/mol. The summed E-state index contributed by atoms with van der Waals surface area (Å²) in [4.78, 5) is 2.17. The number of rotatable bonds is 1. The van der Waals surface area contributed by atoms with Crippen molar-refractivity contribution in [2.75, 3.05) is 4.93 Å². The first kappa shape index (κ1) is 6.72. The third kappa shape index (κ3) is 1.30. The molecule has 0 saturated carbocycles. The third-order valence-corrected chi connectivity index (χ3v) is 4.20. The fraction of sp³-hybridized carbons (Fsp3) is 0.333. The Morgan fingerprint density at radius 2 is 2.38 bits per heavy atom. The molecular formula is C3H4I2N3-. The fourth-order valence-corrected chi connectivity index (χ4v) is 2.84. The zero-order chi connectivity index (χ0) is 5.98. The van der Waals surface area contributed by atoms with Crippen molar-refractivity contribution in [2.45, 2.75) is 0 Å². The predicted octanol–water partition coefficient (Wildman–Crippen LogP) is -2.70. The topological polar surface area (TPSA) is 41.6 Å². The molecule has 0 bridgehead atoms. The number of aromatic nitrogens is 3. The molecule has 1 N–H and O–H groups in total. The van der Waals surface area contributed by atoms with Crippen molar-refractivity contribution in [3.8, 4) is 0 Å². The van der Waals surface area contributed by atoms with Crippen LogP contribution < -0.4 is 21.2 Å². The van der Waals surface area contributed by atoms with Gasteiger partial charge in [-0.05, 0) is 0 Å². The van der Waals surface area contributed by atoms with Crippen LogP contribution in [0.3, 0.4) is 0 Å². The molecule has 1 rings (SSSR count). The van der Waals surface area contributed by atoms with Crippen LogP contribution in [0.2, 0.25) is 0 Å². The summed E-state index contributed by atoms with van der Waals surface area (Å²) in [5, 5.41) is 10.4. The second-order valence-electron chi connectivity index (χ2n) is 1.09. The van der Waals surface area contributed by atoms with Crippen LogP contribution in [0.15, 0.2) is 0 Å². The molecular weight excluding hydrogens is 332 g/mol. The molecule has 46 valence electrons. The third-order valence-electron chi connectivity index (χ3n) is 0.646. The Hall–Kier alpha value is 0.600. The van der Waals surface area contributed by atoms with Crippen LogP contribution in [0.25, 0.3) is 0 Å². The normalized spacial score (nSPS) is 10.2. The van der Waals surface area contributed by atoms with Gasteiger partial charge in [-0.1, -0.05) is 0 Å². The van der Waals surface area contributed by atoms with E-state index in [-0.39, 0.29) is 21.2 Å². The second-order valence-corrected chi connectivity index (χ2v) is 4.22. The molecule has 0 saturated heterocycles. The molecule has 0 atom stereocenters. The van der Waals surface area contributed by atoms with E-state index in [1.807, 2.05) is 0 Å². The monoisotopic (exact) mass is 336 g/mol. The zero-order valence-corrected chi connectivity index (χ0v) is 8.47. The van der Waals surface area contributed by atoms with E-state index in [2.05, 4.69) is 42.9 Å². The standard InChI is InChI=1S/C3H4I2N3/c1-5-3-2(4)6-8-7-3/h1H3,(H,6,7,8)/q-1. The molecule has 3 nitrogen and oxygen atoms in total. The van der Waals surface area contributed by atoms with Gasteiger partial charge in [-0.25, -0.2) is 0 Å². The van der Waals surface area contributed by atoms with Gasteiger partial charge >= 0.3 is 71.5 Å². The van der Waals surface area contributed by atoms with Crippen molar-refractivity contribution in [2.24, 2.45) is 0 Å². The van der Waals surface area contributed by atoms with E-state index < -0.39 is 0 Å². The van der Waals surface area contributed by atoms with E-state index in [1.54, 1.807) is 0 Å². The summed E-state index contributed by atoms with van der Waals surface area (Å²) in [5.41, 5.74) is 0. The number of alkyl halides is 1. The molecule has 0 fully saturated rings. The van der Waals surface area contributed by atoms with Crippen LogP contribution in [0.1, 0.15) is 0 Å². The van der Waals surface area contributed by atoms with Crippen LogP contribution in [0, 0.1) is 7.40 Å². The molecule has 1 aromatic rings. The predicted molar refractivity (Wildman–Crippen MR) is 33.7 cm³/mol. The minimum atomic E-state index is 0.113. The number of nitrogens with zero attached hydrogens (tertiary/aromatic N) is 2. The molecule has 1 heterocycles. The molecule has 0 unspecified atom stereocenters. The van der Waals surface area contributed by atoms with Crippen LogP contribution >= 0.6 is 22.6 Å². The van der Waals surface area contributed by atoms with Crippen molar-refractivity contribution in [3.05, 3.63) is 7.40 Å². The molecule has 0 aliphatic rings. The second kappa shape index (κ2) is 2.95. The summed E-state index contributed by atoms with van der Waals surface area (Å²) >= 11 is 2.29. The van der Waals surface area contributed by atoms with Gasteiger partial charge in [-0.3, -0.25) is 0 Å². The van der Waals surface area contributed by atoms with Gasteiger partial charge in [-0.15, -0.1) is 0 Å². The number of nitrogens with one attached hydrogen (secondary N) is 1. The summed E-state index contributed by atoms with van der Waals surface area (Å²) in [6, 6.07) is 0. The Morgan fingerprint density at radius 3 is 2.62 bits per heavy atom. The van der Waals surface area contributed by atoms with Gasteiger partial charge in [-0.2, -0.15) is 0 Å². The maximum atomic E-state index is 3.94. The van der Waals surface area contributed by atoms with E-state index in [0.29, 0.717) is 0 Å². The Morgan fingerprint density at radius 1 is 1.62 bits per heavy atom. The van der Waals surface area contributed by atoms with Crippen molar-refractivity contribution < 1.29 is 21.2 Å². The summed E-state index contributed by atoms with van der Waals surface area (Å²) in [7, 11) is 0. The number of hydrogen-bond donors (Lipinski definition) is 1.